The van der Waals surface area contributed by atoms with E-state index < -0.39 is 24.4 Å². The summed E-state index contributed by atoms with van der Waals surface area (Å²) < 4.78 is 47.7. The van der Waals surface area contributed by atoms with E-state index in [0.29, 0.717) is 5.82 Å². The van der Waals surface area contributed by atoms with E-state index >= 15 is 0 Å². The molecular formula is C11H15F3N4O3. The van der Waals surface area contributed by atoms with Gasteiger partial charge in [0.15, 0.2) is 11.9 Å². The summed E-state index contributed by atoms with van der Waals surface area (Å²) in [7, 11) is 0. The lowest BCUT2D eigenvalue weighted by molar-refractivity contribution is -0.228. The summed E-state index contributed by atoms with van der Waals surface area (Å²) in [6, 6.07) is -0.695. The first-order valence-corrected chi connectivity index (χ1v) is 6.34. The summed E-state index contributed by atoms with van der Waals surface area (Å²) in [5.74, 6) is 0.343. The number of urea groups is 1. The van der Waals surface area contributed by atoms with Gasteiger partial charge in [-0.1, -0.05) is 5.16 Å². The second-order valence-corrected chi connectivity index (χ2v) is 4.79. The number of alkyl halides is 3. The third-order valence-corrected chi connectivity index (χ3v) is 2.93. The molecule has 0 saturated carbocycles. The molecule has 1 aromatic rings. The van der Waals surface area contributed by atoms with Crippen LogP contribution in [0.15, 0.2) is 4.52 Å². The number of carbonyl (C=O) groups excluding carboxylic acids is 1. The number of nitrogens with zero attached hydrogens (tertiary/aromatic N) is 3. The van der Waals surface area contributed by atoms with Crippen LogP contribution in [0.5, 0.6) is 0 Å². The molecule has 2 heterocycles. The van der Waals surface area contributed by atoms with E-state index in [-0.39, 0.29) is 25.5 Å². The van der Waals surface area contributed by atoms with Gasteiger partial charge < -0.3 is 14.2 Å². The van der Waals surface area contributed by atoms with Gasteiger partial charge in [-0.15, -0.1) is 0 Å². The number of aromatic nitrogens is 2. The van der Waals surface area contributed by atoms with Gasteiger partial charge in [0.2, 0.25) is 0 Å². The zero-order valence-electron chi connectivity index (χ0n) is 11.5. The number of amides is 2. The van der Waals surface area contributed by atoms with Gasteiger partial charge in [-0.3, -0.25) is 5.32 Å². The smallest absolute Gasteiger partial charge is 0.364 e. The Bertz CT molecular complexity index is 505. The van der Waals surface area contributed by atoms with E-state index in [2.05, 4.69) is 15.5 Å². The van der Waals surface area contributed by atoms with E-state index in [1.807, 2.05) is 0 Å². The topological polar surface area (TPSA) is 80.5 Å². The van der Waals surface area contributed by atoms with Crippen LogP contribution in [-0.2, 0) is 4.74 Å². The Morgan fingerprint density at radius 2 is 2.19 bits per heavy atom. The first-order chi connectivity index (χ1) is 9.75. The second-order valence-electron chi connectivity index (χ2n) is 4.79. The molecule has 1 aliphatic heterocycles. The van der Waals surface area contributed by atoms with Crippen LogP contribution in [0.3, 0.4) is 0 Å². The molecule has 118 valence electrons. The Balaban J connectivity index is 1.98. The highest BCUT2D eigenvalue weighted by molar-refractivity contribution is 5.87. The highest BCUT2D eigenvalue weighted by Crippen LogP contribution is 2.28. The highest BCUT2D eigenvalue weighted by atomic mass is 19.4. The van der Waals surface area contributed by atoms with Gasteiger partial charge >= 0.3 is 18.2 Å². The predicted molar refractivity (Wildman–Crippen MR) is 64.6 cm³/mol. The largest absolute Gasteiger partial charge is 0.414 e. The first-order valence-electron chi connectivity index (χ1n) is 6.34. The summed E-state index contributed by atoms with van der Waals surface area (Å²) in [5, 5.41) is 5.84. The van der Waals surface area contributed by atoms with Gasteiger partial charge in [0, 0.05) is 19.5 Å². The molecule has 10 heteroatoms. The molecule has 21 heavy (non-hydrogen) atoms. The van der Waals surface area contributed by atoms with Crippen molar-refractivity contribution in [3.05, 3.63) is 5.82 Å². The summed E-state index contributed by atoms with van der Waals surface area (Å²) in [5.41, 5.74) is 0. The lowest BCUT2D eigenvalue weighted by atomic mass is 10.2. The van der Waals surface area contributed by atoms with Crippen LogP contribution < -0.4 is 5.32 Å². The van der Waals surface area contributed by atoms with Crippen LogP contribution in [0.2, 0.25) is 0 Å². The van der Waals surface area contributed by atoms with Gasteiger partial charge in [-0.25, -0.2) is 4.79 Å². The van der Waals surface area contributed by atoms with E-state index in [0.717, 1.165) is 0 Å². The van der Waals surface area contributed by atoms with Gasteiger partial charge in [-0.2, -0.15) is 18.2 Å². The SMILES string of the molecule is Cc1noc(NC(=O)N2CCC(C(F)(F)F)OC(C)C2)n1. The average molecular weight is 308 g/mol. The standard InChI is InChI=1S/C11H15F3N4O3/c1-6-5-18(4-3-8(20-6)11(12,13)14)10(19)16-9-15-7(2)17-21-9/h6,8H,3-5H2,1-2H3,(H,15,16,17,19). The quantitative estimate of drug-likeness (QED) is 0.857. The van der Waals surface area contributed by atoms with E-state index in [1.165, 1.54) is 11.8 Å². The number of nitrogens with one attached hydrogen (secondary N) is 1. The summed E-state index contributed by atoms with van der Waals surface area (Å²) in [6.07, 6.45) is -7.35. The zero-order valence-corrected chi connectivity index (χ0v) is 11.5. The molecular weight excluding hydrogens is 293 g/mol. The van der Waals surface area contributed by atoms with Crippen LogP contribution in [0, 0.1) is 6.92 Å². The van der Waals surface area contributed by atoms with Crippen molar-refractivity contribution >= 4 is 12.0 Å². The van der Waals surface area contributed by atoms with Crippen molar-refractivity contribution in [2.75, 3.05) is 18.4 Å². The minimum atomic E-state index is -4.44. The maximum Gasteiger partial charge on any atom is 0.414 e. The molecule has 1 fully saturated rings. The van der Waals surface area contributed by atoms with Crippen LogP contribution in [0.4, 0.5) is 24.0 Å². The minimum absolute atomic E-state index is 0.0472. The van der Waals surface area contributed by atoms with E-state index in [1.54, 1.807) is 6.92 Å². The molecule has 1 saturated heterocycles. The minimum Gasteiger partial charge on any atom is -0.364 e. The van der Waals surface area contributed by atoms with Crippen molar-refractivity contribution in [2.45, 2.75) is 38.7 Å². The molecule has 0 bridgehead atoms. The third-order valence-electron chi connectivity index (χ3n) is 2.93. The van der Waals surface area contributed by atoms with Gasteiger partial charge in [0.25, 0.3) is 0 Å². The first kappa shape index (κ1) is 15.5. The molecule has 1 aromatic heterocycles. The van der Waals surface area contributed by atoms with Gasteiger partial charge in [0.05, 0.1) is 6.10 Å². The predicted octanol–water partition coefficient (Wildman–Crippen LogP) is 1.95. The molecule has 1 aliphatic rings. The average Bonchev–Trinajstić information content (AvgIpc) is 2.65. The molecule has 1 N–H and O–H groups in total. The second kappa shape index (κ2) is 5.88. The van der Waals surface area contributed by atoms with Gasteiger partial charge in [0.1, 0.15) is 0 Å². The summed E-state index contributed by atoms with van der Waals surface area (Å²) in [6.45, 7) is 3.04. The van der Waals surface area contributed by atoms with Crippen LogP contribution in [-0.4, -0.2) is 52.5 Å². The number of carbonyl (C=O) groups is 1. The number of hydrogen-bond donors (Lipinski definition) is 1. The fraction of sp³-hybridized carbons (Fsp3) is 0.727. The number of anilines is 1. The van der Waals surface area contributed by atoms with Crippen LogP contribution >= 0.6 is 0 Å². The van der Waals surface area contributed by atoms with Crippen molar-refractivity contribution in [1.29, 1.82) is 0 Å². The third kappa shape index (κ3) is 4.06. The highest BCUT2D eigenvalue weighted by Gasteiger charge is 2.43. The van der Waals surface area contributed by atoms with Gasteiger partial charge in [-0.05, 0) is 13.8 Å². The number of ether oxygens (including phenoxy) is 1. The van der Waals surface area contributed by atoms with Crippen molar-refractivity contribution in [3.8, 4) is 0 Å². The van der Waals surface area contributed by atoms with Crippen molar-refractivity contribution < 1.29 is 27.2 Å². The molecule has 2 rings (SSSR count). The summed E-state index contributed by atoms with van der Waals surface area (Å²) >= 11 is 0. The normalized spacial score (nSPS) is 23.8. The monoisotopic (exact) mass is 308 g/mol. The maximum absolute atomic E-state index is 12.7. The van der Waals surface area contributed by atoms with Crippen molar-refractivity contribution in [3.63, 3.8) is 0 Å². The molecule has 0 aromatic carbocycles. The van der Waals surface area contributed by atoms with E-state index in [9.17, 15) is 18.0 Å². The summed E-state index contributed by atoms with van der Waals surface area (Å²) in [4.78, 5) is 17.0. The van der Waals surface area contributed by atoms with Crippen LogP contribution in [0.1, 0.15) is 19.2 Å². The lowest BCUT2D eigenvalue weighted by Crippen LogP contribution is -2.39. The molecule has 0 aliphatic carbocycles. The Labute approximate surface area is 118 Å². The number of aryl methyl sites for hydroxylation is 1. The molecule has 2 amide bonds. The number of halogens is 3. The van der Waals surface area contributed by atoms with E-state index in [4.69, 9.17) is 9.26 Å². The Morgan fingerprint density at radius 1 is 1.48 bits per heavy atom. The fourth-order valence-corrected chi connectivity index (χ4v) is 2.01. The van der Waals surface area contributed by atoms with Crippen molar-refractivity contribution in [2.24, 2.45) is 0 Å². The lowest BCUT2D eigenvalue weighted by Gasteiger charge is -2.21. The van der Waals surface area contributed by atoms with Crippen molar-refractivity contribution in [1.82, 2.24) is 15.0 Å². The van der Waals surface area contributed by atoms with Crippen LogP contribution in [0.25, 0.3) is 0 Å². The number of rotatable bonds is 1. The Hall–Kier alpha value is -1.84. The molecule has 2 atom stereocenters. The Morgan fingerprint density at radius 3 is 2.76 bits per heavy atom. The maximum atomic E-state index is 12.7. The fourth-order valence-electron chi connectivity index (χ4n) is 2.01. The molecule has 0 spiro atoms. The molecule has 0 radical (unpaired) electrons. The Kier molecular flexibility index (Phi) is 4.35. The number of hydrogen-bond acceptors (Lipinski definition) is 5. The molecule has 2 unspecified atom stereocenters. The molecule has 7 nitrogen and oxygen atoms in total. The zero-order chi connectivity index (χ0) is 15.6.